The maximum absolute atomic E-state index is 11.9. The van der Waals surface area contributed by atoms with Gasteiger partial charge in [0.15, 0.2) is 0 Å². The van der Waals surface area contributed by atoms with Crippen molar-refractivity contribution < 1.29 is 19.7 Å². The van der Waals surface area contributed by atoms with Crippen LogP contribution in [0.3, 0.4) is 0 Å². The highest BCUT2D eigenvalue weighted by molar-refractivity contribution is 5.92. The average molecular weight is 332 g/mol. The summed E-state index contributed by atoms with van der Waals surface area (Å²) in [4.78, 5) is 11.9. The normalized spacial score (nSPS) is 47.5. The lowest BCUT2D eigenvalue weighted by atomic mass is 9.45. The number of carbonyl (C=O) groups excluding carboxylic acids is 1. The summed E-state index contributed by atoms with van der Waals surface area (Å²) < 4.78 is 5.59. The first kappa shape index (κ1) is 16.3. The predicted octanol–water partition coefficient (Wildman–Crippen LogP) is 2.74. The zero-order valence-electron chi connectivity index (χ0n) is 14.8. The second-order valence-corrected chi connectivity index (χ2v) is 8.80. The molecule has 6 atom stereocenters. The third-order valence-corrected chi connectivity index (χ3v) is 7.74. The van der Waals surface area contributed by atoms with E-state index in [0.717, 1.165) is 43.3 Å². The lowest BCUT2D eigenvalue weighted by Crippen LogP contribution is -2.58. The number of fused-ring (bicyclic) bond motifs is 4. The van der Waals surface area contributed by atoms with E-state index >= 15 is 0 Å². The van der Waals surface area contributed by atoms with Gasteiger partial charge in [-0.15, -0.1) is 0 Å². The molecule has 0 saturated heterocycles. The Balaban J connectivity index is 1.73. The molecule has 0 amide bonds. The minimum atomic E-state index is -0.434. The van der Waals surface area contributed by atoms with E-state index in [1.54, 1.807) is 0 Å². The first-order chi connectivity index (χ1) is 11.3. The van der Waals surface area contributed by atoms with Gasteiger partial charge in [-0.25, -0.2) is 4.79 Å². The fraction of sp³-hybridized carbons (Fsp3) is 0.750. The highest BCUT2D eigenvalue weighted by Gasteiger charge is 2.59. The summed E-state index contributed by atoms with van der Waals surface area (Å²) in [5.74, 6) is 0.498. The highest BCUT2D eigenvalue weighted by Crippen LogP contribution is 2.63. The quantitative estimate of drug-likeness (QED) is 0.725. The van der Waals surface area contributed by atoms with Gasteiger partial charge in [0.1, 0.15) is 6.10 Å². The maximum atomic E-state index is 11.9. The Hall–Kier alpha value is -1.13. The molecule has 0 bridgehead atoms. The van der Waals surface area contributed by atoms with Gasteiger partial charge in [0, 0.05) is 16.6 Å². The van der Waals surface area contributed by atoms with E-state index in [1.807, 2.05) is 13.8 Å². The number of allylic oxidation sites excluding steroid dienone is 1. The minimum absolute atomic E-state index is 0.0306. The molecular formula is C20H28O4. The Morgan fingerprint density at radius 2 is 2.08 bits per heavy atom. The van der Waals surface area contributed by atoms with Crippen LogP contribution in [0.1, 0.15) is 52.9 Å². The minimum Gasteiger partial charge on any atom is -0.454 e. The van der Waals surface area contributed by atoms with Crippen molar-refractivity contribution in [2.75, 3.05) is 6.61 Å². The second kappa shape index (κ2) is 5.18. The summed E-state index contributed by atoms with van der Waals surface area (Å²) in [5.41, 5.74) is 2.90. The largest absolute Gasteiger partial charge is 0.454 e. The summed E-state index contributed by atoms with van der Waals surface area (Å²) in [6.45, 7) is 6.26. The molecule has 4 rings (SSSR count). The molecule has 132 valence electrons. The SMILES string of the molecule is CC1=C2C=C3CC[C@@H]4[C@@](C)(CO)[C@H](O)CC[C@@]4(C)[C@@H]3C[C@H]2OC1=O. The molecule has 2 N–H and O–H groups in total. The molecule has 4 aliphatic rings. The van der Waals surface area contributed by atoms with E-state index in [-0.39, 0.29) is 24.1 Å². The molecule has 2 fully saturated rings. The first-order valence-electron chi connectivity index (χ1n) is 9.22. The van der Waals surface area contributed by atoms with E-state index in [1.165, 1.54) is 5.57 Å². The second-order valence-electron chi connectivity index (χ2n) is 8.80. The topological polar surface area (TPSA) is 66.8 Å². The molecule has 1 heterocycles. The van der Waals surface area contributed by atoms with Gasteiger partial charge < -0.3 is 14.9 Å². The Kier molecular flexibility index (Phi) is 3.53. The van der Waals surface area contributed by atoms with Gasteiger partial charge in [0.05, 0.1) is 12.7 Å². The summed E-state index contributed by atoms with van der Waals surface area (Å²) in [7, 11) is 0. The van der Waals surface area contributed by atoms with Crippen molar-refractivity contribution in [1.82, 2.24) is 0 Å². The van der Waals surface area contributed by atoms with Gasteiger partial charge in [-0.2, -0.15) is 0 Å². The van der Waals surface area contributed by atoms with Crippen molar-refractivity contribution in [2.45, 2.75) is 65.1 Å². The predicted molar refractivity (Wildman–Crippen MR) is 90.0 cm³/mol. The zero-order valence-corrected chi connectivity index (χ0v) is 14.8. The number of hydrogen-bond donors (Lipinski definition) is 2. The van der Waals surface area contributed by atoms with Crippen molar-refractivity contribution in [2.24, 2.45) is 22.7 Å². The van der Waals surface area contributed by atoms with Gasteiger partial charge in [-0.05, 0) is 56.3 Å². The number of ether oxygens (including phenoxy) is 1. The Labute approximate surface area is 143 Å². The number of aliphatic hydroxyl groups excluding tert-OH is 2. The number of carbonyl (C=O) groups is 1. The summed E-state index contributed by atoms with van der Waals surface area (Å²) in [6, 6.07) is 0. The Morgan fingerprint density at radius 1 is 1.33 bits per heavy atom. The first-order valence-corrected chi connectivity index (χ1v) is 9.22. The van der Waals surface area contributed by atoms with Crippen molar-refractivity contribution in [3.63, 3.8) is 0 Å². The van der Waals surface area contributed by atoms with Crippen LogP contribution in [0.25, 0.3) is 0 Å². The van der Waals surface area contributed by atoms with Crippen LogP contribution < -0.4 is 0 Å². The number of rotatable bonds is 1. The van der Waals surface area contributed by atoms with Crippen LogP contribution in [0.5, 0.6) is 0 Å². The molecule has 4 nitrogen and oxygen atoms in total. The van der Waals surface area contributed by atoms with E-state index < -0.39 is 11.5 Å². The molecule has 0 aromatic rings. The van der Waals surface area contributed by atoms with Crippen molar-refractivity contribution in [3.8, 4) is 0 Å². The summed E-state index contributed by atoms with van der Waals surface area (Å²) >= 11 is 0. The maximum Gasteiger partial charge on any atom is 0.334 e. The third kappa shape index (κ3) is 1.96. The fourth-order valence-corrected chi connectivity index (χ4v) is 6.16. The van der Waals surface area contributed by atoms with E-state index in [0.29, 0.717) is 11.8 Å². The number of esters is 1. The molecule has 0 radical (unpaired) electrons. The molecule has 0 unspecified atom stereocenters. The van der Waals surface area contributed by atoms with Crippen LogP contribution in [-0.2, 0) is 9.53 Å². The third-order valence-electron chi connectivity index (χ3n) is 7.74. The summed E-state index contributed by atoms with van der Waals surface area (Å²) in [6.07, 6.45) is 6.24. The zero-order chi connectivity index (χ0) is 17.3. The molecule has 1 aliphatic heterocycles. The molecule has 3 aliphatic carbocycles. The van der Waals surface area contributed by atoms with Gasteiger partial charge in [-0.1, -0.05) is 25.5 Å². The smallest absolute Gasteiger partial charge is 0.334 e. The van der Waals surface area contributed by atoms with Crippen LogP contribution in [0.2, 0.25) is 0 Å². The van der Waals surface area contributed by atoms with Crippen LogP contribution in [-0.4, -0.2) is 35.0 Å². The molecule has 2 saturated carbocycles. The number of aliphatic hydroxyl groups is 2. The molecule has 0 aromatic carbocycles. The lowest BCUT2D eigenvalue weighted by molar-refractivity contribution is -0.158. The lowest BCUT2D eigenvalue weighted by Gasteiger charge is -2.60. The van der Waals surface area contributed by atoms with Crippen LogP contribution >= 0.6 is 0 Å². The molecule has 0 aromatic heterocycles. The molecule has 4 heteroatoms. The fourth-order valence-electron chi connectivity index (χ4n) is 6.16. The van der Waals surface area contributed by atoms with Crippen molar-refractivity contribution in [3.05, 3.63) is 22.8 Å². The van der Waals surface area contributed by atoms with Crippen LogP contribution in [0, 0.1) is 22.7 Å². The number of hydrogen-bond acceptors (Lipinski definition) is 4. The van der Waals surface area contributed by atoms with Crippen LogP contribution in [0.4, 0.5) is 0 Å². The van der Waals surface area contributed by atoms with Gasteiger partial charge in [0.2, 0.25) is 0 Å². The summed E-state index contributed by atoms with van der Waals surface area (Å²) in [5, 5.41) is 20.6. The Bertz CT molecular complexity index is 648. The van der Waals surface area contributed by atoms with Crippen LogP contribution in [0.15, 0.2) is 22.8 Å². The van der Waals surface area contributed by atoms with Crippen molar-refractivity contribution in [1.29, 1.82) is 0 Å². The monoisotopic (exact) mass is 332 g/mol. The molecule has 24 heavy (non-hydrogen) atoms. The van der Waals surface area contributed by atoms with Gasteiger partial charge >= 0.3 is 5.97 Å². The van der Waals surface area contributed by atoms with E-state index in [2.05, 4.69) is 13.0 Å². The van der Waals surface area contributed by atoms with Crippen molar-refractivity contribution >= 4 is 5.97 Å². The van der Waals surface area contributed by atoms with Gasteiger partial charge in [-0.3, -0.25) is 0 Å². The molecule has 0 spiro atoms. The van der Waals surface area contributed by atoms with Gasteiger partial charge in [0.25, 0.3) is 0 Å². The average Bonchev–Trinajstić information content (AvgIpc) is 2.84. The standard InChI is InChI=1S/C20H28O4/c1-11-13-8-12-4-5-16-19(2,7-6-17(22)20(16,3)10-21)14(12)9-15(13)24-18(11)23/h8,14-17,21-22H,4-7,9-10H2,1-3H3/t14-,15-,16+,17-,19+,20-/m1/s1. The highest BCUT2D eigenvalue weighted by atomic mass is 16.5. The van der Waals surface area contributed by atoms with E-state index in [4.69, 9.17) is 4.74 Å². The Morgan fingerprint density at radius 3 is 2.79 bits per heavy atom. The van der Waals surface area contributed by atoms with E-state index in [9.17, 15) is 15.0 Å². The molecular weight excluding hydrogens is 304 g/mol.